The number of unbranched alkanes of at least 4 members (excludes halogenated alkanes) is 1. The van der Waals surface area contributed by atoms with Crippen molar-refractivity contribution in [3.63, 3.8) is 0 Å². The minimum atomic E-state index is -4.60. The van der Waals surface area contributed by atoms with E-state index in [1.54, 1.807) is 17.0 Å². The minimum Gasteiger partial charge on any atom is -0.493 e. The van der Waals surface area contributed by atoms with Crippen LogP contribution in [-0.4, -0.2) is 117 Å². The summed E-state index contributed by atoms with van der Waals surface area (Å²) in [6, 6.07) is 4.86. The predicted octanol–water partition coefficient (Wildman–Crippen LogP) is 6.02. The van der Waals surface area contributed by atoms with Gasteiger partial charge in [-0.3, -0.25) is 18.9 Å². The number of hydrogen-bond donors (Lipinski definition) is 3. The number of carbonyl (C=O) groups excluding carboxylic acids is 3. The van der Waals surface area contributed by atoms with Crippen LogP contribution in [0, 0.1) is 0 Å². The van der Waals surface area contributed by atoms with Crippen LogP contribution < -0.4 is 29.6 Å². The van der Waals surface area contributed by atoms with Crippen molar-refractivity contribution in [2.75, 3.05) is 69.6 Å². The maximum Gasteiger partial charge on any atom is 0.288 e. The molecule has 0 spiro atoms. The van der Waals surface area contributed by atoms with Gasteiger partial charge in [-0.15, -0.1) is 0 Å². The Bertz CT molecular complexity index is 2120. The van der Waals surface area contributed by atoms with E-state index in [2.05, 4.69) is 10.6 Å². The number of anilines is 2. The number of carbonyl (C=O) groups is 3. The Morgan fingerprint density at radius 2 is 1.32 bits per heavy atom. The average molecular weight is 829 g/mol. The number of rotatable bonds is 16. The van der Waals surface area contributed by atoms with Crippen LogP contribution in [0.4, 0.5) is 11.4 Å². The van der Waals surface area contributed by atoms with Gasteiger partial charge in [0.25, 0.3) is 21.9 Å². The van der Waals surface area contributed by atoms with Gasteiger partial charge in [0.15, 0.2) is 28.4 Å². The molecule has 0 aromatic heterocycles. The minimum absolute atomic E-state index is 0.182. The molecule has 3 N–H and O–H groups in total. The van der Waals surface area contributed by atoms with E-state index in [-0.39, 0.29) is 60.2 Å². The number of hydrogen-bond acceptors (Lipinski definition) is 11. The van der Waals surface area contributed by atoms with Crippen LogP contribution in [-0.2, 0) is 19.5 Å². The molecule has 2 fully saturated rings. The van der Waals surface area contributed by atoms with Gasteiger partial charge in [-0.05, 0) is 58.1 Å². The summed E-state index contributed by atoms with van der Waals surface area (Å²) in [4.78, 5) is 43.3. The molecule has 2 unspecified atom stereocenters. The number of benzene rings is 2. The van der Waals surface area contributed by atoms with Crippen LogP contribution in [0.2, 0.25) is 0 Å². The molecular formula is C40H53N4O11PS. The largest absolute Gasteiger partial charge is 0.493 e. The van der Waals surface area contributed by atoms with Crippen LogP contribution in [0.25, 0.3) is 0 Å². The number of allylic oxidation sites excluding steroid dienone is 2. The molecule has 0 bridgehead atoms. The molecule has 15 nitrogen and oxygen atoms in total. The topological polar surface area (TPSA) is 190 Å². The van der Waals surface area contributed by atoms with E-state index in [0.29, 0.717) is 73.5 Å². The van der Waals surface area contributed by atoms with Gasteiger partial charge in [0.05, 0.1) is 63.1 Å². The van der Waals surface area contributed by atoms with Crippen molar-refractivity contribution in [2.45, 2.75) is 76.8 Å². The molecule has 4 atom stereocenters. The molecule has 2 aromatic rings. The molecule has 0 radical (unpaired) electrons. The molecule has 4 heterocycles. The third kappa shape index (κ3) is 8.97. The molecule has 57 heavy (non-hydrogen) atoms. The second-order valence-electron chi connectivity index (χ2n) is 14.9. The Morgan fingerprint density at radius 3 is 1.88 bits per heavy atom. The lowest BCUT2D eigenvalue weighted by Gasteiger charge is -2.26. The highest BCUT2D eigenvalue weighted by molar-refractivity contribution is 7.86. The third-order valence-electron chi connectivity index (χ3n) is 11.2. The first-order valence-corrected chi connectivity index (χ1v) is 23.2. The molecule has 3 amide bonds. The number of amides is 3. The van der Waals surface area contributed by atoms with Crippen molar-refractivity contribution in [2.24, 2.45) is 0 Å². The van der Waals surface area contributed by atoms with Crippen LogP contribution >= 0.6 is 7.14 Å². The van der Waals surface area contributed by atoms with Crippen molar-refractivity contribution in [3.05, 3.63) is 58.7 Å². The molecule has 2 aromatic carbocycles. The first-order valence-electron chi connectivity index (χ1n) is 19.4. The molecule has 4 aliphatic heterocycles. The smallest absolute Gasteiger partial charge is 0.288 e. The standard InChI is InChI=1S/C40H53N4O11PS/c1-6-9-14-56(48,15-10-12-54-35-21-29-27(19-33(35)52-4)39(46)43-23-25(7-2)17-31(43)37(45)41-29)16-11-13-55-36-22-30-28(20-34(36)53-5)40(47)44-24-26(8-3)18-32(44)38(42-30)57(49,50)51/h7-8,19-22,31-32,38,42H,6,9-18,23-24H2,1-5H3,(H,41,45)(H,49,50,51)/b25-7+,26-8+/t31-,32-,38?,56?/m0/s1. The summed E-state index contributed by atoms with van der Waals surface area (Å²) in [6.45, 7) is 6.84. The predicted molar refractivity (Wildman–Crippen MR) is 217 cm³/mol. The van der Waals surface area contributed by atoms with Gasteiger partial charge >= 0.3 is 0 Å². The Morgan fingerprint density at radius 1 is 0.789 bits per heavy atom. The summed E-state index contributed by atoms with van der Waals surface area (Å²) in [7, 11) is -4.32. The Labute approximate surface area is 334 Å². The van der Waals surface area contributed by atoms with Crippen LogP contribution in [0.15, 0.2) is 47.6 Å². The van der Waals surface area contributed by atoms with Crippen molar-refractivity contribution >= 4 is 46.4 Å². The lowest BCUT2D eigenvalue weighted by Crippen LogP contribution is -2.47. The summed E-state index contributed by atoms with van der Waals surface area (Å²) in [6.07, 6.45) is 8.68. The van der Waals surface area contributed by atoms with E-state index >= 15 is 0 Å². The first-order chi connectivity index (χ1) is 27.2. The Hall–Kier alpha value is -4.53. The molecule has 2 saturated heterocycles. The third-order valence-corrected chi connectivity index (χ3v) is 15.7. The molecule has 0 saturated carbocycles. The number of nitrogens with one attached hydrogen (secondary N) is 2. The quantitative estimate of drug-likeness (QED) is 0.0774. The highest BCUT2D eigenvalue weighted by Gasteiger charge is 2.46. The van der Waals surface area contributed by atoms with E-state index in [9.17, 15) is 31.9 Å². The fraction of sp³-hybridized carbons (Fsp3) is 0.525. The number of methoxy groups -OCH3 is 2. The van der Waals surface area contributed by atoms with Gasteiger partial charge < -0.3 is 43.9 Å². The van der Waals surface area contributed by atoms with E-state index < -0.39 is 34.7 Å². The summed E-state index contributed by atoms with van der Waals surface area (Å²) in [5.74, 6) is 0.388. The normalized spacial score (nSPS) is 22.8. The van der Waals surface area contributed by atoms with Crippen LogP contribution in [0.5, 0.6) is 23.0 Å². The fourth-order valence-corrected chi connectivity index (χ4v) is 11.9. The lowest BCUT2D eigenvalue weighted by atomic mass is 10.1. The van der Waals surface area contributed by atoms with E-state index in [4.69, 9.17) is 18.9 Å². The SMILES string of the molecule is C/C=C1\C[C@H]2C(=O)Nc3cc(OCCCP(=O)(CCCC)CCCOc4cc5c(cc4OC)C(=O)N4C/C(=C/C)C[C@H]4C(S(=O)(=O)O)N5)c(OC)cc3C(=O)N2C1. The van der Waals surface area contributed by atoms with Crippen LogP contribution in [0.1, 0.15) is 80.0 Å². The van der Waals surface area contributed by atoms with Crippen LogP contribution in [0.3, 0.4) is 0 Å². The summed E-state index contributed by atoms with van der Waals surface area (Å²) < 4.78 is 72.8. The molecule has 4 aliphatic rings. The zero-order chi connectivity index (χ0) is 41.1. The van der Waals surface area contributed by atoms with Gasteiger partial charge in [-0.25, -0.2) is 0 Å². The average Bonchev–Trinajstić information content (AvgIpc) is 3.79. The maximum atomic E-state index is 14.2. The molecule has 17 heteroatoms. The molecular weight excluding hydrogens is 775 g/mol. The number of ether oxygens (including phenoxy) is 4. The van der Waals surface area contributed by atoms with Gasteiger partial charge in [0.1, 0.15) is 6.04 Å². The van der Waals surface area contributed by atoms with Gasteiger partial charge in [0.2, 0.25) is 5.91 Å². The van der Waals surface area contributed by atoms with Gasteiger partial charge in [-0.2, -0.15) is 8.42 Å². The summed E-state index contributed by atoms with van der Waals surface area (Å²) >= 11 is 0. The summed E-state index contributed by atoms with van der Waals surface area (Å²) in [5.41, 5.74) is 3.02. The second kappa shape index (κ2) is 17.5. The van der Waals surface area contributed by atoms with Crippen molar-refractivity contribution < 1.29 is 50.9 Å². The molecule has 6 rings (SSSR count). The van der Waals surface area contributed by atoms with E-state index in [1.807, 2.05) is 32.9 Å². The summed E-state index contributed by atoms with van der Waals surface area (Å²) in [5, 5.41) is 4.35. The number of nitrogens with zero attached hydrogens (tertiary/aromatic N) is 2. The first kappa shape index (κ1) is 42.1. The zero-order valence-corrected chi connectivity index (χ0v) is 34.9. The van der Waals surface area contributed by atoms with Gasteiger partial charge in [0, 0.05) is 43.7 Å². The highest BCUT2D eigenvalue weighted by atomic mass is 32.2. The Balaban J connectivity index is 1.08. The van der Waals surface area contributed by atoms with Crippen molar-refractivity contribution in [3.8, 4) is 23.0 Å². The van der Waals surface area contributed by atoms with Crippen molar-refractivity contribution in [1.82, 2.24) is 9.80 Å². The second-order valence-corrected chi connectivity index (χ2v) is 19.9. The maximum absolute atomic E-state index is 14.2. The highest BCUT2D eigenvalue weighted by Crippen LogP contribution is 2.48. The Kier molecular flexibility index (Phi) is 12.9. The zero-order valence-electron chi connectivity index (χ0n) is 33.2. The number of fused-ring (bicyclic) bond motifs is 4. The van der Waals surface area contributed by atoms with Crippen molar-refractivity contribution in [1.29, 1.82) is 0 Å². The van der Waals surface area contributed by atoms with E-state index in [1.165, 1.54) is 31.3 Å². The van der Waals surface area contributed by atoms with Gasteiger partial charge in [-0.1, -0.05) is 36.6 Å². The monoisotopic (exact) mass is 828 g/mol. The lowest BCUT2D eigenvalue weighted by molar-refractivity contribution is -0.119. The molecule has 310 valence electrons. The van der Waals surface area contributed by atoms with E-state index in [0.717, 1.165) is 24.0 Å². The molecule has 0 aliphatic carbocycles. The fourth-order valence-electron chi connectivity index (χ4n) is 8.03.